The fourth-order valence-corrected chi connectivity index (χ4v) is 1.37. The lowest BCUT2D eigenvalue weighted by molar-refractivity contribution is 0.281. The predicted molar refractivity (Wildman–Crippen MR) is 53.3 cm³/mol. The van der Waals surface area contributed by atoms with Crippen molar-refractivity contribution in [3.05, 3.63) is 28.3 Å². The summed E-state index contributed by atoms with van der Waals surface area (Å²) in [4.78, 5) is 0. The molecule has 72 valence electrons. The van der Waals surface area contributed by atoms with Crippen LogP contribution in [0.2, 0.25) is 5.02 Å². The van der Waals surface area contributed by atoms with Gasteiger partial charge in [0.15, 0.2) is 0 Å². The zero-order valence-corrected chi connectivity index (χ0v) is 8.56. The second kappa shape index (κ2) is 4.49. The van der Waals surface area contributed by atoms with Crippen LogP contribution in [0.3, 0.4) is 0 Å². The average Bonchev–Trinajstić information content (AvgIpc) is 2.11. The molecular formula is C10H13ClO2. The van der Waals surface area contributed by atoms with Crippen molar-refractivity contribution in [2.45, 2.75) is 20.5 Å². The number of hydrogen-bond donors (Lipinski definition) is 1. The quantitative estimate of drug-likeness (QED) is 0.813. The number of aliphatic hydroxyl groups excluding tert-OH is 1. The molecular weight excluding hydrogens is 188 g/mol. The minimum absolute atomic E-state index is 0.0356. The lowest BCUT2D eigenvalue weighted by Crippen LogP contribution is -1.96. The molecule has 0 saturated carbocycles. The molecule has 3 heteroatoms. The number of aryl methyl sites for hydroxylation is 1. The van der Waals surface area contributed by atoms with E-state index in [1.165, 1.54) is 0 Å². The van der Waals surface area contributed by atoms with E-state index in [1.807, 2.05) is 19.9 Å². The molecule has 0 aromatic heterocycles. The van der Waals surface area contributed by atoms with Crippen molar-refractivity contribution in [3.63, 3.8) is 0 Å². The Balaban J connectivity index is 3.05. The van der Waals surface area contributed by atoms with Gasteiger partial charge in [0.1, 0.15) is 5.75 Å². The zero-order chi connectivity index (χ0) is 9.84. The Bertz CT molecular complexity index is 297. The number of hydrogen-bond acceptors (Lipinski definition) is 2. The minimum atomic E-state index is -0.0356. The molecule has 0 radical (unpaired) electrons. The van der Waals surface area contributed by atoms with E-state index in [2.05, 4.69) is 0 Å². The summed E-state index contributed by atoms with van der Waals surface area (Å²) in [5.74, 6) is 0.782. The molecule has 0 fully saturated rings. The highest BCUT2D eigenvalue weighted by Gasteiger charge is 2.05. The molecule has 0 amide bonds. The highest BCUT2D eigenvalue weighted by molar-refractivity contribution is 6.31. The SMILES string of the molecule is CCOc1cc(Cl)c(CO)cc1C. The van der Waals surface area contributed by atoms with Crippen molar-refractivity contribution in [2.24, 2.45) is 0 Å². The van der Waals surface area contributed by atoms with Crippen LogP contribution < -0.4 is 4.74 Å². The molecule has 0 aliphatic carbocycles. The Morgan fingerprint density at radius 3 is 2.69 bits per heavy atom. The normalized spacial score (nSPS) is 10.2. The van der Waals surface area contributed by atoms with Crippen molar-refractivity contribution in [3.8, 4) is 5.75 Å². The van der Waals surface area contributed by atoms with Gasteiger partial charge in [-0.05, 0) is 37.1 Å². The third-order valence-corrected chi connectivity index (χ3v) is 2.17. The van der Waals surface area contributed by atoms with E-state index in [9.17, 15) is 0 Å². The third-order valence-electron chi connectivity index (χ3n) is 1.81. The summed E-state index contributed by atoms with van der Waals surface area (Å²) >= 11 is 5.90. The Kier molecular flexibility index (Phi) is 3.58. The van der Waals surface area contributed by atoms with E-state index in [0.717, 1.165) is 16.9 Å². The lowest BCUT2D eigenvalue weighted by atomic mass is 10.1. The Hall–Kier alpha value is -0.730. The summed E-state index contributed by atoms with van der Waals surface area (Å²) < 4.78 is 5.35. The average molecular weight is 201 g/mol. The first-order valence-electron chi connectivity index (χ1n) is 4.21. The maximum atomic E-state index is 8.94. The molecule has 0 aliphatic heterocycles. The standard InChI is InChI=1S/C10H13ClO2/c1-3-13-10-5-9(11)8(6-12)4-7(10)2/h4-5,12H,3,6H2,1-2H3. The molecule has 2 nitrogen and oxygen atoms in total. The van der Waals surface area contributed by atoms with Crippen LogP contribution in [-0.2, 0) is 6.61 Å². The van der Waals surface area contributed by atoms with Crippen LogP contribution in [-0.4, -0.2) is 11.7 Å². The van der Waals surface area contributed by atoms with Gasteiger partial charge in [-0.25, -0.2) is 0 Å². The number of benzene rings is 1. The molecule has 0 saturated heterocycles. The van der Waals surface area contributed by atoms with Crippen molar-refractivity contribution < 1.29 is 9.84 Å². The van der Waals surface area contributed by atoms with Crippen LogP contribution in [0.1, 0.15) is 18.1 Å². The van der Waals surface area contributed by atoms with Crippen LogP contribution in [0.25, 0.3) is 0 Å². The number of ether oxygens (including phenoxy) is 1. The van der Waals surface area contributed by atoms with Gasteiger partial charge in [0, 0.05) is 5.02 Å². The summed E-state index contributed by atoms with van der Waals surface area (Å²) in [5.41, 5.74) is 1.73. The molecule has 0 unspecified atom stereocenters. The zero-order valence-electron chi connectivity index (χ0n) is 7.80. The number of rotatable bonds is 3. The largest absolute Gasteiger partial charge is 0.494 e. The highest BCUT2D eigenvalue weighted by atomic mass is 35.5. The van der Waals surface area contributed by atoms with Gasteiger partial charge in [-0.3, -0.25) is 0 Å². The van der Waals surface area contributed by atoms with Gasteiger partial charge in [0.05, 0.1) is 13.2 Å². The summed E-state index contributed by atoms with van der Waals surface area (Å²) in [6.07, 6.45) is 0. The van der Waals surface area contributed by atoms with E-state index in [0.29, 0.717) is 11.6 Å². The Labute approximate surface area is 83.1 Å². The maximum absolute atomic E-state index is 8.94. The lowest BCUT2D eigenvalue weighted by Gasteiger charge is -2.09. The summed E-state index contributed by atoms with van der Waals surface area (Å²) in [7, 11) is 0. The minimum Gasteiger partial charge on any atom is -0.494 e. The summed E-state index contributed by atoms with van der Waals surface area (Å²) in [5, 5.41) is 9.49. The van der Waals surface area contributed by atoms with Crippen LogP contribution in [0.15, 0.2) is 12.1 Å². The fraction of sp³-hybridized carbons (Fsp3) is 0.400. The number of aliphatic hydroxyl groups is 1. The van der Waals surface area contributed by atoms with Crippen LogP contribution in [0.5, 0.6) is 5.75 Å². The molecule has 1 N–H and O–H groups in total. The first-order valence-corrected chi connectivity index (χ1v) is 4.59. The topological polar surface area (TPSA) is 29.5 Å². The van der Waals surface area contributed by atoms with Gasteiger partial charge in [-0.15, -0.1) is 0 Å². The van der Waals surface area contributed by atoms with Crippen molar-refractivity contribution in [2.75, 3.05) is 6.61 Å². The molecule has 13 heavy (non-hydrogen) atoms. The van der Waals surface area contributed by atoms with Gasteiger partial charge in [0.25, 0.3) is 0 Å². The van der Waals surface area contributed by atoms with E-state index in [1.54, 1.807) is 6.07 Å². The van der Waals surface area contributed by atoms with Crippen LogP contribution in [0.4, 0.5) is 0 Å². The Morgan fingerprint density at radius 1 is 1.46 bits per heavy atom. The molecule has 0 heterocycles. The predicted octanol–water partition coefficient (Wildman–Crippen LogP) is 2.54. The maximum Gasteiger partial charge on any atom is 0.123 e. The molecule has 1 rings (SSSR count). The summed E-state index contributed by atoms with van der Waals surface area (Å²) in [6, 6.07) is 3.58. The first kappa shape index (κ1) is 10.4. The van der Waals surface area contributed by atoms with E-state index in [-0.39, 0.29) is 6.61 Å². The number of halogens is 1. The second-order valence-electron chi connectivity index (χ2n) is 2.80. The van der Waals surface area contributed by atoms with Crippen LogP contribution in [0, 0.1) is 6.92 Å². The van der Waals surface area contributed by atoms with E-state index < -0.39 is 0 Å². The highest BCUT2D eigenvalue weighted by Crippen LogP contribution is 2.26. The summed E-state index contributed by atoms with van der Waals surface area (Å²) in [6.45, 7) is 4.44. The smallest absolute Gasteiger partial charge is 0.123 e. The van der Waals surface area contributed by atoms with Crippen molar-refractivity contribution in [1.82, 2.24) is 0 Å². The van der Waals surface area contributed by atoms with Gasteiger partial charge in [-0.2, -0.15) is 0 Å². The van der Waals surface area contributed by atoms with Crippen molar-refractivity contribution in [1.29, 1.82) is 0 Å². The van der Waals surface area contributed by atoms with Gasteiger partial charge in [0.2, 0.25) is 0 Å². The molecule has 1 aromatic rings. The fourth-order valence-electron chi connectivity index (χ4n) is 1.16. The molecule has 0 atom stereocenters. The second-order valence-corrected chi connectivity index (χ2v) is 3.21. The molecule has 1 aromatic carbocycles. The molecule has 0 aliphatic rings. The van der Waals surface area contributed by atoms with Crippen molar-refractivity contribution >= 4 is 11.6 Å². The van der Waals surface area contributed by atoms with Gasteiger partial charge < -0.3 is 9.84 Å². The monoisotopic (exact) mass is 200 g/mol. The van der Waals surface area contributed by atoms with E-state index >= 15 is 0 Å². The molecule has 0 spiro atoms. The Morgan fingerprint density at radius 2 is 2.15 bits per heavy atom. The van der Waals surface area contributed by atoms with Gasteiger partial charge >= 0.3 is 0 Å². The van der Waals surface area contributed by atoms with Gasteiger partial charge in [-0.1, -0.05) is 11.6 Å². The van der Waals surface area contributed by atoms with Crippen LogP contribution >= 0.6 is 11.6 Å². The van der Waals surface area contributed by atoms with E-state index in [4.69, 9.17) is 21.4 Å². The first-order chi connectivity index (χ1) is 6.19. The molecule has 0 bridgehead atoms. The third kappa shape index (κ3) is 2.36.